The van der Waals surface area contributed by atoms with Gasteiger partial charge in [0.15, 0.2) is 0 Å². The van der Waals surface area contributed by atoms with Crippen LogP contribution in [0.3, 0.4) is 0 Å². The van der Waals surface area contributed by atoms with Crippen molar-refractivity contribution >= 4 is 11.9 Å². The Bertz CT molecular complexity index is 1030. The number of amides is 1. The first-order valence-electron chi connectivity index (χ1n) is 13.1. The van der Waals surface area contributed by atoms with Crippen LogP contribution in [-0.2, 0) is 11.2 Å². The van der Waals surface area contributed by atoms with E-state index in [-0.39, 0.29) is 23.7 Å². The third kappa shape index (κ3) is 5.93. The fourth-order valence-corrected chi connectivity index (χ4v) is 5.73. The van der Waals surface area contributed by atoms with E-state index >= 15 is 0 Å². The Hall–Kier alpha value is -2.70. The average Bonchev–Trinajstić information content (AvgIpc) is 3.60. The number of rotatable bonds is 9. The highest BCUT2D eigenvalue weighted by atomic mass is 19.1. The Morgan fingerprint density at radius 2 is 1.97 bits per heavy atom. The maximum absolute atomic E-state index is 14.5. The summed E-state index contributed by atoms with van der Waals surface area (Å²) in [6.07, 6.45) is 11.6. The fraction of sp³-hybridized carbons (Fsp3) is 0.607. The molecule has 7 heteroatoms. The highest BCUT2D eigenvalue weighted by Crippen LogP contribution is 2.49. The van der Waals surface area contributed by atoms with Gasteiger partial charge in [0.1, 0.15) is 11.6 Å². The summed E-state index contributed by atoms with van der Waals surface area (Å²) in [5.41, 5.74) is 1.40. The molecule has 2 aromatic rings. The Morgan fingerprint density at radius 1 is 1.23 bits per heavy atom. The van der Waals surface area contributed by atoms with Gasteiger partial charge < -0.3 is 15.0 Å². The van der Waals surface area contributed by atoms with Crippen molar-refractivity contribution in [2.75, 3.05) is 24.6 Å². The van der Waals surface area contributed by atoms with E-state index < -0.39 is 0 Å². The molecule has 1 amide bonds. The third-order valence-electron chi connectivity index (χ3n) is 8.20. The van der Waals surface area contributed by atoms with E-state index in [1.807, 2.05) is 19.3 Å². The number of ether oxygens (including phenoxy) is 1. The molecule has 2 atom stereocenters. The smallest absolute Gasteiger partial charge is 0.225 e. The minimum absolute atomic E-state index is 0.0698. The number of carbonyl (C=O) groups is 1. The number of nitrogens with one attached hydrogen (secondary N) is 1. The van der Waals surface area contributed by atoms with E-state index in [2.05, 4.69) is 27.1 Å². The molecule has 1 saturated heterocycles. The molecule has 6 nitrogen and oxygen atoms in total. The van der Waals surface area contributed by atoms with Gasteiger partial charge in [-0.05, 0) is 93.7 Å². The van der Waals surface area contributed by atoms with Crippen LogP contribution in [0.2, 0.25) is 0 Å². The number of piperidine rings is 1. The Kier molecular flexibility index (Phi) is 6.94. The first-order chi connectivity index (χ1) is 16.9. The van der Waals surface area contributed by atoms with Gasteiger partial charge in [0.2, 0.25) is 11.9 Å². The molecule has 2 saturated carbocycles. The Labute approximate surface area is 207 Å². The first-order valence-corrected chi connectivity index (χ1v) is 13.1. The molecule has 1 aliphatic heterocycles. The van der Waals surface area contributed by atoms with Crippen LogP contribution in [0.4, 0.5) is 10.3 Å². The van der Waals surface area contributed by atoms with Gasteiger partial charge in [-0.25, -0.2) is 14.4 Å². The number of aromatic nitrogens is 2. The number of carbonyl (C=O) groups excluding carboxylic acids is 1. The second-order valence-corrected chi connectivity index (χ2v) is 11.1. The zero-order valence-electron chi connectivity index (χ0n) is 20.9. The van der Waals surface area contributed by atoms with Gasteiger partial charge in [-0.15, -0.1) is 0 Å². The summed E-state index contributed by atoms with van der Waals surface area (Å²) in [6, 6.07) is 4.88. The highest BCUT2D eigenvalue weighted by molar-refractivity contribution is 5.79. The molecule has 2 aliphatic carbocycles. The quantitative estimate of drug-likeness (QED) is 0.556. The van der Waals surface area contributed by atoms with Crippen LogP contribution in [0.25, 0.3) is 0 Å². The molecule has 1 aromatic heterocycles. The van der Waals surface area contributed by atoms with Crippen molar-refractivity contribution in [1.82, 2.24) is 15.3 Å². The number of aryl methyl sites for hydroxylation is 1. The highest BCUT2D eigenvalue weighted by Gasteiger charge is 2.43. The lowest BCUT2D eigenvalue weighted by Crippen LogP contribution is -2.51. The third-order valence-corrected chi connectivity index (χ3v) is 8.20. The summed E-state index contributed by atoms with van der Waals surface area (Å²) in [6.45, 7) is 6.72. The van der Waals surface area contributed by atoms with Crippen molar-refractivity contribution in [2.24, 2.45) is 17.8 Å². The second kappa shape index (κ2) is 10.1. The second-order valence-electron chi connectivity index (χ2n) is 11.1. The molecule has 1 N–H and O–H groups in total. The topological polar surface area (TPSA) is 67.4 Å². The molecule has 3 aliphatic rings. The average molecular weight is 481 g/mol. The van der Waals surface area contributed by atoms with Crippen molar-refractivity contribution in [3.8, 4) is 5.75 Å². The summed E-state index contributed by atoms with van der Waals surface area (Å²) >= 11 is 0. The largest absolute Gasteiger partial charge is 0.493 e. The van der Waals surface area contributed by atoms with E-state index in [0.29, 0.717) is 23.8 Å². The summed E-state index contributed by atoms with van der Waals surface area (Å²) in [7, 11) is 0. The van der Waals surface area contributed by atoms with Crippen LogP contribution in [0.5, 0.6) is 5.75 Å². The van der Waals surface area contributed by atoms with Crippen molar-refractivity contribution in [3.63, 3.8) is 0 Å². The minimum Gasteiger partial charge on any atom is -0.493 e. The minimum atomic E-state index is -0.370. The van der Waals surface area contributed by atoms with Crippen molar-refractivity contribution in [3.05, 3.63) is 47.5 Å². The predicted octanol–water partition coefficient (Wildman–Crippen LogP) is 4.85. The molecule has 35 heavy (non-hydrogen) atoms. The number of halogens is 1. The van der Waals surface area contributed by atoms with Gasteiger partial charge in [-0.3, -0.25) is 4.79 Å². The van der Waals surface area contributed by atoms with Crippen molar-refractivity contribution in [2.45, 2.75) is 70.8 Å². The van der Waals surface area contributed by atoms with Gasteiger partial charge >= 0.3 is 0 Å². The molecular formula is C28H37FN4O2. The lowest BCUT2D eigenvalue weighted by molar-refractivity contribution is -0.123. The molecule has 0 unspecified atom stereocenters. The summed E-state index contributed by atoms with van der Waals surface area (Å²) in [5.74, 6) is 3.17. The zero-order chi connectivity index (χ0) is 24.4. The SMILES string of the molecule is Cc1cnc(N2CCC([C@H]3C[C@H]3CCOc3ccc(CC(=O)NC4(C)CCC4)c(F)c3)CC2)nc1. The standard InChI is InChI=1S/C28H37FN4O2/c1-19-17-30-27(31-18-19)33-11-6-20(7-12-33)24-14-21(24)8-13-35-23-5-4-22(25(29)16-23)15-26(34)32-28(2)9-3-10-28/h4-5,16-18,20-21,24H,3,6-15H2,1-2H3,(H,32,34)/t21-,24-/m1/s1. The van der Waals surface area contributed by atoms with Crippen molar-refractivity contribution in [1.29, 1.82) is 0 Å². The van der Waals surface area contributed by atoms with E-state index in [0.717, 1.165) is 62.1 Å². The van der Waals surface area contributed by atoms with Crippen LogP contribution in [-0.4, -0.2) is 41.1 Å². The molecule has 3 fully saturated rings. The molecule has 188 valence electrons. The lowest BCUT2D eigenvalue weighted by atomic mass is 9.78. The Morgan fingerprint density at radius 3 is 2.63 bits per heavy atom. The monoisotopic (exact) mass is 480 g/mol. The predicted molar refractivity (Wildman–Crippen MR) is 134 cm³/mol. The van der Waals surface area contributed by atoms with E-state index in [1.165, 1.54) is 25.3 Å². The van der Waals surface area contributed by atoms with Gasteiger partial charge in [0.25, 0.3) is 0 Å². The normalized spacial score (nSPS) is 23.5. The van der Waals surface area contributed by atoms with Crippen LogP contribution >= 0.6 is 0 Å². The molecule has 0 radical (unpaired) electrons. The first kappa shape index (κ1) is 24.0. The number of nitrogens with zero attached hydrogens (tertiary/aromatic N) is 3. The van der Waals surface area contributed by atoms with E-state index in [4.69, 9.17) is 4.74 Å². The van der Waals surface area contributed by atoms with Crippen LogP contribution in [0.15, 0.2) is 30.6 Å². The van der Waals surface area contributed by atoms with Gasteiger partial charge in [-0.2, -0.15) is 0 Å². The summed E-state index contributed by atoms with van der Waals surface area (Å²) in [4.78, 5) is 23.5. The number of hydrogen-bond acceptors (Lipinski definition) is 5. The van der Waals surface area contributed by atoms with Gasteiger partial charge in [0.05, 0.1) is 13.0 Å². The molecule has 2 heterocycles. The summed E-state index contributed by atoms with van der Waals surface area (Å²) in [5, 5.41) is 3.03. The maximum Gasteiger partial charge on any atom is 0.225 e. The van der Waals surface area contributed by atoms with Crippen molar-refractivity contribution < 1.29 is 13.9 Å². The maximum atomic E-state index is 14.5. The molecule has 0 spiro atoms. The fourth-order valence-electron chi connectivity index (χ4n) is 5.73. The molecular weight excluding hydrogens is 443 g/mol. The van der Waals surface area contributed by atoms with Crippen LogP contribution in [0.1, 0.15) is 63.0 Å². The van der Waals surface area contributed by atoms with Crippen LogP contribution < -0.4 is 15.0 Å². The number of anilines is 1. The number of benzene rings is 1. The van der Waals surface area contributed by atoms with E-state index in [1.54, 1.807) is 12.1 Å². The number of hydrogen-bond donors (Lipinski definition) is 1. The van der Waals surface area contributed by atoms with Gasteiger partial charge in [0, 0.05) is 37.1 Å². The summed E-state index contributed by atoms with van der Waals surface area (Å²) < 4.78 is 20.4. The lowest BCUT2D eigenvalue weighted by Gasteiger charge is -2.39. The van der Waals surface area contributed by atoms with Gasteiger partial charge in [-0.1, -0.05) is 6.07 Å². The molecule has 1 aromatic carbocycles. The molecule has 0 bridgehead atoms. The van der Waals surface area contributed by atoms with E-state index in [9.17, 15) is 9.18 Å². The van der Waals surface area contributed by atoms with Crippen LogP contribution in [0, 0.1) is 30.5 Å². The molecule has 5 rings (SSSR count). The zero-order valence-corrected chi connectivity index (χ0v) is 20.9. The Balaban J connectivity index is 1.01.